The van der Waals surface area contributed by atoms with Crippen LogP contribution in [0.5, 0.6) is 0 Å². The Bertz CT molecular complexity index is 1540. The number of nitrogens with zero attached hydrogens (tertiary/aromatic N) is 2. The molecule has 0 saturated heterocycles. The zero-order valence-electron chi connectivity index (χ0n) is 27.1. The minimum absolute atomic E-state index is 0. The Labute approximate surface area is 286 Å². The minimum atomic E-state index is -2.14. The average molecular weight is 640 g/mol. The van der Waals surface area contributed by atoms with E-state index < -0.39 is 22.8 Å². The van der Waals surface area contributed by atoms with Gasteiger partial charge in [0, 0.05) is 47.4 Å². The van der Waals surface area contributed by atoms with E-state index in [9.17, 15) is 18.3 Å². The summed E-state index contributed by atoms with van der Waals surface area (Å²) >= 11 is 0. The summed E-state index contributed by atoms with van der Waals surface area (Å²) in [6, 6.07) is 22.3. The number of aliphatic hydroxyl groups excluding tert-OH is 1. The predicted molar refractivity (Wildman–Crippen MR) is 178 cm³/mol. The number of nitrogens with one attached hydrogen (secondary N) is 2. The second kappa shape index (κ2) is 21.1. The Balaban J connectivity index is 0.000000586. The molecule has 12 heteroatoms. The number of anilines is 3. The molecule has 1 heterocycles. The quantitative estimate of drug-likeness (QED) is 0.0887. The van der Waals surface area contributed by atoms with Crippen molar-refractivity contribution in [2.75, 3.05) is 18.2 Å². The second-order valence-electron chi connectivity index (χ2n) is 10.5. The third-order valence-corrected chi connectivity index (χ3v) is 6.55. The Hall–Kier alpha value is -3.72. The number of rotatable bonds is 10. The normalized spacial score (nSPS) is 11.6. The average Bonchev–Trinajstić information content (AvgIpc) is 2.98. The minimum Gasteiger partial charge on any atom is -0.423 e. The van der Waals surface area contributed by atoms with Crippen LogP contribution < -0.4 is 35.2 Å². The van der Waals surface area contributed by atoms with Gasteiger partial charge in [-0.3, -0.25) is 4.79 Å². The van der Waals surface area contributed by atoms with Gasteiger partial charge >= 0.3 is 18.9 Å². The van der Waals surface area contributed by atoms with Gasteiger partial charge in [-0.1, -0.05) is 67.3 Å². The standard InChI is InChI=1S/C24H27N4O3.C6H6NO2S.C4H9.Li/c1-16-11-23(26-15-25-16)27-22-13-19(9-10-20(22)14-31-3)24(30)28-21(17(2)29)12-18-7-5-4-6-8-18;7-5-1-3-6(4-2-5)10(8)9;1-4(2)3;/h4-11,13,15,17,21,29H,2,12,14H2,1,3H3,(H,28,30)(H,25,26,27);1-4H,7H2;4H,1H2,2-3H3;/q3*-1;+1/t17-,21+;;;/m1.../s1. The van der Waals surface area contributed by atoms with Gasteiger partial charge in [0.1, 0.15) is 12.1 Å². The number of carbonyl (C=O) groups is 1. The van der Waals surface area contributed by atoms with Crippen molar-refractivity contribution in [2.45, 2.75) is 50.8 Å². The van der Waals surface area contributed by atoms with Gasteiger partial charge in [-0.05, 0) is 60.0 Å². The number of benzene rings is 3. The Morgan fingerprint density at radius 2 is 1.63 bits per heavy atom. The summed E-state index contributed by atoms with van der Waals surface area (Å²) in [4.78, 5) is 21.5. The van der Waals surface area contributed by atoms with E-state index in [0.717, 1.165) is 16.8 Å². The molecule has 1 aromatic heterocycles. The van der Waals surface area contributed by atoms with Gasteiger partial charge in [0.25, 0.3) is 5.91 Å². The van der Waals surface area contributed by atoms with Gasteiger partial charge in [-0.25, -0.2) is 9.97 Å². The summed E-state index contributed by atoms with van der Waals surface area (Å²) in [6.07, 6.45) is 1.01. The van der Waals surface area contributed by atoms with Gasteiger partial charge in [-0.15, -0.1) is 0 Å². The van der Waals surface area contributed by atoms with Crippen LogP contribution in [0.4, 0.5) is 17.2 Å². The molecule has 4 aromatic rings. The number of ether oxygens (including phenoxy) is 1. The van der Waals surface area contributed by atoms with E-state index in [-0.39, 0.29) is 29.7 Å². The number of amides is 1. The summed E-state index contributed by atoms with van der Waals surface area (Å²) in [6.45, 7) is 13.7. The maximum Gasteiger partial charge on any atom is 1.00 e. The van der Waals surface area contributed by atoms with Gasteiger partial charge in [0.2, 0.25) is 0 Å². The molecule has 3 aromatic carbocycles. The molecule has 0 unspecified atom stereocenters. The number of hydrogen-bond acceptors (Lipinski definition) is 10. The molecule has 46 heavy (non-hydrogen) atoms. The van der Waals surface area contributed by atoms with Gasteiger partial charge in [-0.2, -0.15) is 5.92 Å². The van der Waals surface area contributed by atoms with Crippen LogP contribution >= 0.6 is 0 Å². The van der Waals surface area contributed by atoms with Crippen molar-refractivity contribution in [3.05, 3.63) is 121 Å². The number of methoxy groups -OCH3 is 1. The van der Waals surface area contributed by atoms with Gasteiger partial charge in [0.05, 0.1) is 6.61 Å². The number of aliphatic hydroxyl groups is 1. The first-order valence-corrected chi connectivity index (χ1v) is 15.3. The molecule has 2 atom stereocenters. The molecule has 0 saturated carbocycles. The van der Waals surface area contributed by atoms with E-state index in [0.29, 0.717) is 41.7 Å². The molecule has 0 spiro atoms. The number of aryl methyl sites for hydroxylation is 1. The number of hydrogen-bond donors (Lipinski definition) is 4. The smallest absolute Gasteiger partial charge is 0.423 e. The van der Waals surface area contributed by atoms with E-state index >= 15 is 0 Å². The molecule has 5 N–H and O–H groups in total. The van der Waals surface area contributed by atoms with Crippen LogP contribution in [0.3, 0.4) is 0 Å². The fourth-order valence-corrected chi connectivity index (χ4v) is 4.12. The van der Waals surface area contributed by atoms with Crippen LogP contribution in [0.15, 0.2) is 90.1 Å². The van der Waals surface area contributed by atoms with Crippen molar-refractivity contribution in [3.63, 3.8) is 0 Å². The SMILES string of the molecule is Nc1ccc([S-](=O)=O)cc1.[CH2-]C(C)C.[CH2-][C@@H](O)[C@H](Cc1ccccc1)NC(=O)c1ccc(COC)c(Nc2cc(C)ncn2)c1.[Li+]. The third-order valence-electron chi connectivity index (χ3n) is 5.89. The predicted octanol–water partition coefficient (Wildman–Crippen LogP) is 2.63. The largest absolute Gasteiger partial charge is 1.00 e. The molecule has 242 valence electrons. The third kappa shape index (κ3) is 15.0. The maximum absolute atomic E-state index is 12.9. The monoisotopic (exact) mass is 639 g/mol. The van der Waals surface area contributed by atoms with Crippen molar-refractivity contribution >= 4 is 33.8 Å². The number of aromatic nitrogens is 2. The fourth-order valence-electron chi connectivity index (χ4n) is 3.76. The molecule has 0 aliphatic rings. The first kappa shape index (κ1) is 40.3. The van der Waals surface area contributed by atoms with Crippen molar-refractivity contribution in [2.24, 2.45) is 5.92 Å². The second-order valence-corrected chi connectivity index (χ2v) is 11.5. The van der Waals surface area contributed by atoms with Crippen molar-refractivity contribution in [1.82, 2.24) is 15.3 Å². The van der Waals surface area contributed by atoms with Crippen LogP contribution in [0, 0.1) is 26.7 Å². The molecule has 0 fully saturated rings. The number of nitrogens with two attached hydrogens (primary N) is 1. The fraction of sp³-hybridized carbons (Fsp3) is 0.265. The first-order valence-electron chi connectivity index (χ1n) is 14.2. The summed E-state index contributed by atoms with van der Waals surface area (Å²) in [5, 5.41) is 16.2. The Kier molecular flexibility index (Phi) is 18.5. The molecule has 0 radical (unpaired) electrons. The zero-order chi connectivity index (χ0) is 33.4. The van der Waals surface area contributed by atoms with E-state index in [1.807, 2.05) is 49.4 Å². The van der Waals surface area contributed by atoms with Gasteiger partial charge < -0.3 is 48.5 Å². The van der Waals surface area contributed by atoms with Crippen LogP contribution in [-0.4, -0.2) is 40.2 Å². The van der Waals surface area contributed by atoms with Crippen LogP contribution in [-0.2, 0) is 36.9 Å². The summed E-state index contributed by atoms with van der Waals surface area (Å²) in [5.74, 6) is 0.909. The maximum atomic E-state index is 12.9. The van der Waals surface area contributed by atoms with Crippen LogP contribution in [0.1, 0.15) is 41.0 Å². The summed E-state index contributed by atoms with van der Waals surface area (Å²) in [7, 11) is -0.529. The molecule has 0 aliphatic heterocycles. The number of carbonyl (C=O) groups excluding carboxylic acids is 1. The Morgan fingerprint density at radius 1 is 1.00 bits per heavy atom. The van der Waals surface area contributed by atoms with Crippen molar-refractivity contribution < 1.29 is 41.9 Å². The summed E-state index contributed by atoms with van der Waals surface area (Å²) in [5.41, 5.74) is 9.77. The van der Waals surface area contributed by atoms with Crippen LogP contribution in [0.25, 0.3) is 0 Å². The van der Waals surface area contributed by atoms with E-state index in [1.165, 1.54) is 18.5 Å². The van der Waals surface area contributed by atoms with Crippen molar-refractivity contribution in [1.29, 1.82) is 0 Å². The van der Waals surface area contributed by atoms with E-state index in [1.54, 1.807) is 31.4 Å². The van der Waals surface area contributed by atoms with E-state index in [4.69, 9.17) is 10.5 Å². The van der Waals surface area contributed by atoms with Crippen molar-refractivity contribution in [3.8, 4) is 0 Å². The topological polar surface area (TPSA) is 157 Å². The molecular formula is C34H42LiN5O5S-2. The summed E-state index contributed by atoms with van der Waals surface area (Å²) < 4.78 is 25.8. The molecule has 0 aliphatic carbocycles. The van der Waals surface area contributed by atoms with E-state index in [2.05, 4.69) is 48.3 Å². The Morgan fingerprint density at radius 3 is 2.17 bits per heavy atom. The first-order chi connectivity index (χ1) is 21.4. The van der Waals surface area contributed by atoms with Gasteiger partial charge in [0.15, 0.2) is 0 Å². The van der Waals surface area contributed by atoms with Crippen LogP contribution in [0.2, 0.25) is 0 Å². The molecule has 1 amide bonds. The molecular weight excluding hydrogens is 597 g/mol. The molecule has 4 rings (SSSR count). The molecule has 0 bridgehead atoms. The molecule has 10 nitrogen and oxygen atoms in total. The zero-order valence-corrected chi connectivity index (χ0v) is 27.9. The number of nitrogen functional groups attached to an aromatic ring is 1.